The van der Waals surface area contributed by atoms with Crippen LogP contribution in [0.1, 0.15) is 32.5 Å². The van der Waals surface area contributed by atoms with Crippen molar-refractivity contribution in [3.8, 4) is 0 Å². The van der Waals surface area contributed by atoms with Crippen LogP contribution in [0.25, 0.3) is 0 Å². The number of aromatic amines is 1. The molecule has 1 aliphatic rings. The van der Waals surface area contributed by atoms with Crippen LogP contribution in [0.15, 0.2) is 11.2 Å². The van der Waals surface area contributed by atoms with Crippen molar-refractivity contribution in [2.75, 3.05) is 13.1 Å². The number of hydrogen-bond donors (Lipinski definition) is 2. The lowest BCUT2D eigenvalue weighted by atomic mass is 9.93. The molecular weight excluding hydrogens is 266 g/mol. The van der Waals surface area contributed by atoms with Crippen molar-refractivity contribution < 1.29 is 13.5 Å². The van der Waals surface area contributed by atoms with Gasteiger partial charge < -0.3 is 10.1 Å². The molecule has 2 rings (SSSR count). The Hall–Kier alpha value is -0.920. The molecule has 0 aromatic carbocycles. The fourth-order valence-electron chi connectivity index (χ4n) is 2.39. The fraction of sp³-hybridized carbons (Fsp3) is 0.750. The minimum absolute atomic E-state index is 0.167. The third-order valence-corrected chi connectivity index (χ3v) is 5.55. The number of nitrogens with zero attached hydrogens (tertiary/aromatic N) is 2. The molecular formula is C12H21N3O3S. The van der Waals surface area contributed by atoms with Crippen LogP contribution in [-0.2, 0) is 16.4 Å². The molecule has 0 radical (unpaired) electrons. The van der Waals surface area contributed by atoms with E-state index in [-0.39, 0.29) is 17.0 Å². The maximum Gasteiger partial charge on any atom is 0.260 e. The number of piperidine rings is 1. The topological polar surface area (TPSA) is 86.3 Å². The van der Waals surface area contributed by atoms with Crippen molar-refractivity contribution in [2.45, 2.75) is 44.2 Å². The van der Waals surface area contributed by atoms with E-state index in [0.29, 0.717) is 38.2 Å². The highest BCUT2D eigenvalue weighted by molar-refractivity contribution is 7.89. The van der Waals surface area contributed by atoms with E-state index >= 15 is 0 Å². The Labute approximate surface area is 113 Å². The van der Waals surface area contributed by atoms with Gasteiger partial charge in [-0.05, 0) is 25.7 Å². The highest BCUT2D eigenvalue weighted by atomic mass is 32.2. The van der Waals surface area contributed by atoms with Gasteiger partial charge in [0.15, 0.2) is 5.03 Å². The van der Waals surface area contributed by atoms with Gasteiger partial charge in [0, 0.05) is 19.5 Å². The normalized spacial score (nSPS) is 20.6. The highest BCUT2D eigenvalue weighted by Crippen LogP contribution is 2.24. The van der Waals surface area contributed by atoms with Crippen molar-refractivity contribution in [1.29, 1.82) is 0 Å². The Morgan fingerprint density at radius 1 is 1.53 bits per heavy atom. The Morgan fingerprint density at radius 2 is 2.16 bits per heavy atom. The number of imidazole rings is 1. The molecule has 1 atom stereocenters. The average Bonchev–Trinajstić information content (AvgIpc) is 2.88. The fourth-order valence-corrected chi connectivity index (χ4v) is 3.79. The SMILES string of the molecule is CCc1ncc(S(=O)(=O)N2CCC(C(C)O)CC2)[nH]1. The summed E-state index contributed by atoms with van der Waals surface area (Å²) in [5.41, 5.74) is 0. The summed E-state index contributed by atoms with van der Waals surface area (Å²) in [6.07, 6.45) is 3.09. The lowest BCUT2D eigenvalue weighted by Crippen LogP contribution is -2.40. The van der Waals surface area contributed by atoms with Crippen molar-refractivity contribution in [3.05, 3.63) is 12.0 Å². The highest BCUT2D eigenvalue weighted by Gasteiger charge is 2.31. The quantitative estimate of drug-likeness (QED) is 0.855. The number of sulfonamides is 1. The van der Waals surface area contributed by atoms with Crippen molar-refractivity contribution in [1.82, 2.24) is 14.3 Å². The van der Waals surface area contributed by atoms with Crippen molar-refractivity contribution in [2.24, 2.45) is 5.92 Å². The number of aliphatic hydroxyl groups is 1. The zero-order valence-electron chi connectivity index (χ0n) is 11.3. The second-order valence-electron chi connectivity index (χ2n) is 5.03. The lowest BCUT2D eigenvalue weighted by molar-refractivity contribution is 0.0911. The molecule has 1 fully saturated rings. The molecule has 1 unspecified atom stereocenters. The molecule has 2 heterocycles. The third-order valence-electron chi connectivity index (χ3n) is 3.74. The maximum atomic E-state index is 12.4. The van der Waals surface area contributed by atoms with Gasteiger partial charge in [-0.2, -0.15) is 4.31 Å². The molecule has 6 nitrogen and oxygen atoms in total. The van der Waals surface area contributed by atoms with Gasteiger partial charge in [-0.15, -0.1) is 0 Å². The summed E-state index contributed by atoms with van der Waals surface area (Å²) in [6, 6.07) is 0. The van der Waals surface area contributed by atoms with Gasteiger partial charge in [-0.1, -0.05) is 6.92 Å². The number of aliphatic hydroxyl groups excluding tert-OH is 1. The zero-order valence-corrected chi connectivity index (χ0v) is 12.2. The van der Waals surface area contributed by atoms with Crippen molar-refractivity contribution >= 4 is 10.0 Å². The number of aryl methyl sites for hydroxylation is 1. The summed E-state index contributed by atoms with van der Waals surface area (Å²) in [6.45, 7) is 4.59. The van der Waals surface area contributed by atoms with Gasteiger partial charge in [0.05, 0.1) is 12.3 Å². The predicted octanol–water partition coefficient (Wildman–Crippen LogP) is 0.754. The summed E-state index contributed by atoms with van der Waals surface area (Å²) < 4.78 is 26.2. The first-order valence-electron chi connectivity index (χ1n) is 6.67. The standard InChI is InChI=1S/C12H21N3O3S/c1-3-11-13-8-12(14-11)19(17,18)15-6-4-10(5-7-15)9(2)16/h8-10,16H,3-7H2,1-2H3,(H,13,14). The number of H-pyrrole nitrogens is 1. The van der Waals surface area contributed by atoms with E-state index < -0.39 is 10.0 Å². The molecule has 0 spiro atoms. The molecule has 1 saturated heterocycles. The first-order chi connectivity index (χ1) is 8.95. The lowest BCUT2D eigenvalue weighted by Gasteiger charge is -2.32. The Balaban J connectivity index is 2.09. The van der Waals surface area contributed by atoms with E-state index in [1.165, 1.54) is 10.5 Å². The van der Waals surface area contributed by atoms with Crippen LogP contribution < -0.4 is 0 Å². The third kappa shape index (κ3) is 2.98. The number of nitrogens with one attached hydrogen (secondary N) is 1. The van der Waals surface area contributed by atoms with Gasteiger partial charge in [0.25, 0.3) is 10.0 Å². The molecule has 108 valence electrons. The van der Waals surface area contributed by atoms with Crippen LogP contribution in [0.2, 0.25) is 0 Å². The van der Waals surface area contributed by atoms with Crippen LogP contribution >= 0.6 is 0 Å². The first kappa shape index (κ1) is 14.5. The predicted molar refractivity (Wildman–Crippen MR) is 71.1 cm³/mol. The first-order valence-corrected chi connectivity index (χ1v) is 8.11. The Bertz CT molecular complexity index is 516. The van der Waals surface area contributed by atoms with E-state index in [4.69, 9.17) is 0 Å². The number of rotatable bonds is 4. The summed E-state index contributed by atoms with van der Waals surface area (Å²) >= 11 is 0. The molecule has 7 heteroatoms. The molecule has 1 aromatic heterocycles. The van der Waals surface area contributed by atoms with Crippen molar-refractivity contribution in [3.63, 3.8) is 0 Å². The van der Waals surface area contributed by atoms with Crippen LogP contribution in [0.4, 0.5) is 0 Å². The number of aromatic nitrogens is 2. The van der Waals surface area contributed by atoms with E-state index in [9.17, 15) is 13.5 Å². The summed E-state index contributed by atoms with van der Waals surface area (Å²) in [4.78, 5) is 6.88. The maximum absolute atomic E-state index is 12.4. The van der Waals surface area contributed by atoms with E-state index in [1.54, 1.807) is 6.92 Å². The van der Waals surface area contributed by atoms with Crippen LogP contribution in [0.5, 0.6) is 0 Å². The summed E-state index contributed by atoms with van der Waals surface area (Å²) in [7, 11) is -3.47. The van der Waals surface area contributed by atoms with E-state index in [0.717, 1.165) is 0 Å². The average molecular weight is 287 g/mol. The van der Waals surface area contributed by atoms with Gasteiger partial charge in [-0.25, -0.2) is 13.4 Å². The zero-order chi connectivity index (χ0) is 14.0. The van der Waals surface area contributed by atoms with Gasteiger partial charge in [-0.3, -0.25) is 0 Å². The summed E-state index contributed by atoms with van der Waals surface area (Å²) in [5, 5.41) is 9.70. The minimum Gasteiger partial charge on any atom is -0.393 e. The second-order valence-corrected chi connectivity index (χ2v) is 6.94. The van der Waals surface area contributed by atoms with Crippen LogP contribution in [0.3, 0.4) is 0 Å². The van der Waals surface area contributed by atoms with Gasteiger partial charge in [0.1, 0.15) is 5.82 Å². The van der Waals surface area contributed by atoms with E-state index in [2.05, 4.69) is 9.97 Å². The molecule has 0 aliphatic carbocycles. The molecule has 0 amide bonds. The monoisotopic (exact) mass is 287 g/mol. The molecule has 19 heavy (non-hydrogen) atoms. The molecule has 0 bridgehead atoms. The molecule has 0 saturated carbocycles. The molecule has 1 aliphatic heterocycles. The molecule has 2 N–H and O–H groups in total. The van der Waals surface area contributed by atoms with Crippen LogP contribution in [-0.4, -0.2) is 47.0 Å². The molecule has 1 aromatic rings. The second kappa shape index (κ2) is 5.60. The minimum atomic E-state index is -3.47. The van der Waals surface area contributed by atoms with Gasteiger partial charge >= 0.3 is 0 Å². The summed E-state index contributed by atoms with van der Waals surface area (Å²) in [5.74, 6) is 0.872. The Morgan fingerprint density at radius 3 is 2.63 bits per heavy atom. The smallest absolute Gasteiger partial charge is 0.260 e. The van der Waals surface area contributed by atoms with E-state index in [1.807, 2.05) is 6.92 Å². The van der Waals surface area contributed by atoms with Gasteiger partial charge in [0.2, 0.25) is 0 Å². The van der Waals surface area contributed by atoms with Crippen LogP contribution in [0, 0.1) is 5.92 Å². The largest absolute Gasteiger partial charge is 0.393 e. The Kier molecular flexibility index (Phi) is 4.27. The number of hydrogen-bond acceptors (Lipinski definition) is 4.